The molecule has 0 bridgehead atoms. The van der Waals surface area contributed by atoms with Crippen LogP contribution in [0.4, 0.5) is 5.69 Å². The van der Waals surface area contributed by atoms with E-state index in [9.17, 15) is 14.4 Å². The molecular formula is C14H15N3O5. The fourth-order valence-corrected chi connectivity index (χ4v) is 1.75. The molecule has 0 fully saturated rings. The number of anilines is 1. The summed E-state index contributed by atoms with van der Waals surface area (Å²) in [6.07, 6.45) is 0. The predicted molar refractivity (Wildman–Crippen MR) is 79.5 cm³/mol. The number of hydrogen-bond donors (Lipinski definition) is 3. The number of ether oxygens (including phenoxy) is 2. The molecule has 8 nitrogen and oxygen atoms in total. The first-order valence-electron chi connectivity index (χ1n) is 6.39. The molecule has 0 aliphatic heterocycles. The second kappa shape index (κ2) is 6.61. The van der Waals surface area contributed by atoms with E-state index in [1.807, 2.05) is 4.98 Å². The Labute approximate surface area is 125 Å². The summed E-state index contributed by atoms with van der Waals surface area (Å²) in [4.78, 5) is 38.9. The fourth-order valence-electron chi connectivity index (χ4n) is 1.75. The molecule has 0 saturated heterocycles. The van der Waals surface area contributed by atoms with E-state index in [0.717, 1.165) is 0 Å². The minimum atomic E-state index is -0.668. The van der Waals surface area contributed by atoms with Crippen LogP contribution in [0, 0.1) is 6.92 Å². The molecule has 1 heterocycles. The molecule has 22 heavy (non-hydrogen) atoms. The monoisotopic (exact) mass is 305 g/mol. The van der Waals surface area contributed by atoms with Crippen molar-refractivity contribution in [1.82, 2.24) is 9.97 Å². The molecule has 1 aromatic carbocycles. The number of H-pyrrole nitrogens is 2. The summed E-state index contributed by atoms with van der Waals surface area (Å²) >= 11 is 0. The van der Waals surface area contributed by atoms with Crippen LogP contribution in [-0.2, 0) is 4.79 Å². The smallest absolute Gasteiger partial charge is 0.326 e. The standard InChI is InChI=1S/C14H15N3O5/c1-8-12(13(19)17-14(20)15-8)16-11(18)7-22-10-5-3-9(21-2)4-6-10/h3-6H,7H2,1-2H3,(H,16,18)(H2,15,17,19,20). The number of nitrogens with one attached hydrogen (secondary N) is 3. The van der Waals surface area contributed by atoms with Crippen molar-refractivity contribution in [3.05, 3.63) is 50.8 Å². The van der Waals surface area contributed by atoms with E-state index in [0.29, 0.717) is 11.5 Å². The van der Waals surface area contributed by atoms with Crippen LogP contribution in [0.3, 0.4) is 0 Å². The highest BCUT2D eigenvalue weighted by molar-refractivity contribution is 5.92. The highest BCUT2D eigenvalue weighted by atomic mass is 16.5. The SMILES string of the molecule is COc1ccc(OCC(=O)Nc2c(C)[nH]c(=O)[nH]c2=O)cc1. The average molecular weight is 305 g/mol. The fraction of sp³-hybridized carbons (Fsp3) is 0.214. The zero-order chi connectivity index (χ0) is 16.1. The maximum absolute atomic E-state index is 11.8. The number of rotatable bonds is 5. The van der Waals surface area contributed by atoms with Gasteiger partial charge < -0.3 is 19.8 Å². The van der Waals surface area contributed by atoms with Crippen LogP contribution in [0.15, 0.2) is 33.9 Å². The number of amides is 1. The third-order valence-corrected chi connectivity index (χ3v) is 2.82. The Kier molecular flexibility index (Phi) is 4.62. The van der Waals surface area contributed by atoms with Gasteiger partial charge in [0.25, 0.3) is 11.5 Å². The summed E-state index contributed by atoms with van der Waals surface area (Å²) in [5.74, 6) is 0.645. The first kappa shape index (κ1) is 15.4. The Morgan fingerprint density at radius 3 is 2.36 bits per heavy atom. The molecule has 1 amide bonds. The van der Waals surface area contributed by atoms with Gasteiger partial charge >= 0.3 is 5.69 Å². The van der Waals surface area contributed by atoms with Gasteiger partial charge in [-0.05, 0) is 31.2 Å². The highest BCUT2D eigenvalue weighted by Gasteiger charge is 2.10. The van der Waals surface area contributed by atoms with Gasteiger partial charge in [-0.1, -0.05) is 0 Å². The third-order valence-electron chi connectivity index (χ3n) is 2.82. The van der Waals surface area contributed by atoms with Crippen molar-refractivity contribution in [2.45, 2.75) is 6.92 Å². The molecule has 0 aliphatic rings. The number of methoxy groups -OCH3 is 1. The molecular weight excluding hydrogens is 290 g/mol. The van der Waals surface area contributed by atoms with Crippen LogP contribution in [0.1, 0.15) is 5.69 Å². The van der Waals surface area contributed by atoms with Gasteiger partial charge in [0.15, 0.2) is 6.61 Å². The van der Waals surface area contributed by atoms with Gasteiger partial charge in [-0.2, -0.15) is 0 Å². The van der Waals surface area contributed by atoms with Gasteiger partial charge in [0.05, 0.1) is 7.11 Å². The Morgan fingerprint density at radius 1 is 1.14 bits per heavy atom. The number of carbonyl (C=O) groups excluding carboxylic acids is 1. The molecule has 0 radical (unpaired) electrons. The van der Waals surface area contributed by atoms with Gasteiger partial charge in [0, 0.05) is 5.69 Å². The maximum Gasteiger partial charge on any atom is 0.326 e. The summed E-state index contributed by atoms with van der Waals surface area (Å²) in [5.41, 5.74) is -1.04. The number of aryl methyl sites for hydroxylation is 1. The van der Waals surface area contributed by atoms with Crippen LogP contribution in [0.25, 0.3) is 0 Å². The summed E-state index contributed by atoms with van der Waals surface area (Å²) in [6.45, 7) is 1.24. The Balaban J connectivity index is 1.98. The van der Waals surface area contributed by atoms with Crippen molar-refractivity contribution in [3.8, 4) is 11.5 Å². The molecule has 2 aromatic rings. The molecule has 1 aromatic heterocycles. The summed E-state index contributed by atoms with van der Waals surface area (Å²) in [5, 5.41) is 2.40. The largest absolute Gasteiger partial charge is 0.497 e. The Bertz CT molecular complexity index is 776. The van der Waals surface area contributed by atoms with E-state index in [1.54, 1.807) is 31.4 Å². The highest BCUT2D eigenvalue weighted by Crippen LogP contribution is 2.16. The van der Waals surface area contributed by atoms with Crippen LogP contribution in [0.5, 0.6) is 11.5 Å². The summed E-state index contributed by atoms with van der Waals surface area (Å²) in [7, 11) is 1.55. The van der Waals surface area contributed by atoms with E-state index in [2.05, 4.69) is 10.3 Å². The molecule has 3 N–H and O–H groups in total. The number of aromatic amines is 2. The van der Waals surface area contributed by atoms with E-state index < -0.39 is 17.2 Å². The molecule has 116 valence electrons. The average Bonchev–Trinajstić information content (AvgIpc) is 2.49. The number of benzene rings is 1. The van der Waals surface area contributed by atoms with Gasteiger partial charge in [-0.15, -0.1) is 0 Å². The van der Waals surface area contributed by atoms with Crippen LogP contribution >= 0.6 is 0 Å². The van der Waals surface area contributed by atoms with E-state index >= 15 is 0 Å². The van der Waals surface area contributed by atoms with Gasteiger partial charge in [-0.3, -0.25) is 14.6 Å². The molecule has 0 saturated carbocycles. The summed E-state index contributed by atoms with van der Waals surface area (Å²) in [6, 6.07) is 6.71. The van der Waals surface area contributed by atoms with Gasteiger partial charge in [-0.25, -0.2) is 4.79 Å². The zero-order valence-electron chi connectivity index (χ0n) is 12.1. The van der Waals surface area contributed by atoms with Gasteiger partial charge in [0.1, 0.15) is 17.2 Å². The van der Waals surface area contributed by atoms with Crippen LogP contribution in [0.2, 0.25) is 0 Å². The lowest BCUT2D eigenvalue weighted by molar-refractivity contribution is -0.118. The first-order chi connectivity index (χ1) is 10.5. The van der Waals surface area contributed by atoms with Crippen molar-refractivity contribution in [2.24, 2.45) is 0 Å². The van der Waals surface area contributed by atoms with Crippen molar-refractivity contribution in [1.29, 1.82) is 0 Å². The topological polar surface area (TPSA) is 113 Å². The number of aromatic nitrogens is 2. The van der Waals surface area contributed by atoms with Crippen LogP contribution in [-0.4, -0.2) is 29.6 Å². The predicted octanol–water partition coefficient (Wildman–Crippen LogP) is 0.398. The van der Waals surface area contributed by atoms with Crippen molar-refractivity contribution in [2.75, 3.05) is 19.0 Å². The normalized spacial score (nSPS) is 10.1. The maximum atomic E-state index is 11.8. The lowest BCUT2D eigenvalue weighted by atomic mass is 10.3. The minimum Gasteiger partial charge on any atom is -0.497 e. The Hall–Kier alpha value is -3.03. The quantitative estimate of drug-likeness (QED) is 0.740. The van der Waals surface area contributed by atoms with E-state index in [1.165, 1.54) is 6.92 Å². The van der Waals surface area contributed by atoms with Gasteiger partial charge in [0.2, 0.25) is 0 Å². The Morgan fingerprint density at radius 2 is 1.77 bits per heavy atom. The second-order valence-corrected chi connectivity index (χ2v) is 4.42. The summed E-state index contributed by atoms with van der Waals surface area (Å²) < 4.78 is 10.3. The van der Waals surface area contributed by atoms with E-state index in [4.69, 9.17) is 9.47 Å². The molecule has 0 spiro atoms. The van der Waals surface area contributed by atoms with E-state index in [-0.39, 0.29) is 18.0 Å². The molecule has 0 aliphatic carbocycles. The second-order valence-electron chi connectivity index (χ2n) is 4.42. The van der Waals surface area contributed by atoms with Crippen molar-refractivity contribution in [3.63, 3.8) is 0 Å². The van der Waals surface area contributed by atoms with Crippen molar-refractivity contribution < 1.29 is 14.3 Å². The first-order valence-corrected chi connectivity index (χ1v) is 6.39. The zero-order valence-corrected chi connectivity index (χ0v) is 12.1. The minimum absolute atomic E-state index is 0.0112. The molecule has 0 atom stereocenters. The van der Waals surface area contributed by atoms with Crippen molar-refractivity contribution >= 4 is 11.6 Å². The van der Waals surface area contributed by atoms with Crippen LogP contribution < -0.4 is 26.0 Å². The third kappa shape index (κ3) is 3.75. The molecule has 8 heteroatoms. The lowest BCUT2D eigenvalue weighted by Gasteiger charge is -2.08. The molecule has 0 unspecified atom stereocenters. The number of hydrogen-bond acceptors (Lipinski definition) is 5. The lowest BCUT2D eigenvalue weighted by Crippen LogP contribution is -2.30. The number of carbonyl (C=O) groups is 1. The molecule has 2 rings (SSSR count).